The van der Waals surface area contributed by atoms with Gasteiger partial charge in [0.05, 0.1) is 0 Å². The van der Waals surface area contributed by atoms with E-state index in [0.29, 0.717) is 12.5 Å². The van der Waals surface area contributed by atoms with Gasteiger partial charge in [-0.1, -0.05) is 61.2 Å². The summed E-state index contributed by atoms with van der Waals surface area (Å²) in [6, 6.07) is 0. The van der Waals surface area contributed by atoms with E-state index in [-0.39, 0.29) is 5.91 Å². The average Bonchev–Trinajstić information content (AvgIpc) is 2.59. The summed E-state index contributed by atoms with van der Waals surface area (Å²) in [4.78, 5) is 11.0. The fourth-order valence-electron chi connectivity index (χ4n) is 2.61. The molecule has 0 unspecified atom stereocenters. The average molecular weight is 361 g/mol. The molecule has 0 aromatic heterocycles. The summed E-state index contributed by atoms with van der Waals surface area (Å²) in [5.74, 6) is 0.450. The van der Waals surface area contributed by atoms with Crippen LogP contribution in [0.3, 0.4) is 0 Å². The van der Waals surface area contributed by atoms with Crippen LogP contribution in [0.4, 0.5) is 0 Å². The topological polar surface area (TPSA) is 41.1 Å². The summed E-state index contributed by atoms with van der Waals surface area (Å²) in [5.41, 5.74) is 2.01. The van der Waals surface area contributed by atoms with Gasteiger partial charge in [0.2, 0.25) is 5.91 Å². The quantitative estimate of drug-likeness (QED) is 0.598. The van der Waals surface area contributed by atoms with E-state index in [0.717, 1.165) is 35.7 Å². The lowest BCUT2D eigenvalue weighted by Crippen LogP contribution is -2.28. The predicted octanol–water partition coefficient (Wildman–Crippen LogP) is 4.42. The second-order valence-electron chi connectivity index (χ2n) is 6.05. The normalized spacial score (nSPS) is 19.8. The molecule has 1 saturated heterocycles. The molecule has 1 aliphatic heterocycles. The Morgan fingerprint density at radius 2 is 2.16 bits per heavy atom. The van der Waals surface area contributed by atoms with Crippen molar-refractivity contribution in [3.63, 3.8) is 0 Å². The third kappa shape index (κ3) is 9.90. The van der Waals surface area contributed by atoms with Crippen LogP contribution in [0, 0.1) is 5.92 Å². The highest BCUT2D eigenvalue weighted by Crippen LogP contribution is 2.19. The maximum absolute atomic E-state index is 11.0. The molecule has 0 spiro atoms. The van der Waals surface area contributed by atoms with Gasteiger partial charge in [-0.3, -0.25) is 4.79 Å². The molecule has 2 N–H and O–H groups in total. The number of hydrogen-bond acceptors (Lipinski definition) is 2. The van der Waals surface area contributed by atoms with Crippen LogP contribution in [-0.4, -0.2) is 25.5 Å². The van der Waals surface area contributed by atoms with Gasteiger partial charge in [0.1, 0.15) is 0 Å². The van der Waals surface area contributed by atoms with Gasteiger partial charge in [0.15, 0.2) is 0 Å². The van der Waals surface area contributed by atoms with Crippen LogP contribution in [0.15, 0.2) is 71.9 Å². The predicted molar refractivity (Wildman–Crippen MR) is 109 cm³/mol. The molecule has 3 nitrogen and oxygen atoms in total. The fourth-order valence-corrected chi connectivity index (χ4v) is 2.91. The van der Waals surface area contributed by atoms with Crippen molar-refractivity contribution in [2.24, 2.45) is 5.92 Å². The summed E-state index contributed by atoms with van der Waals surface area (Å²) in [5, 5.41) is 6.93. The molecule has 1 atom stereocenters. The standard InChI is InChI=1S/C21H29ClN2O/c1-4-6-8-19(10-12-24-17(3)25)13-18(5-2)14-21(22)15-20-9-7-11-23-16-20/h4-6,8,13-15,20,23H,1-2,7,9-12,16H2,3H3,(H,24,25)/b8-6-,18-14+,19-13-,21-15-/t20-/m0/s1. The van der Waals surface area contributed by atoms with Crippen molar-refractivity contribution >= 4 is 17.5 Å². The summed E-state index contributed by atoms with van der Waals surface area (Å²) in [6.07, 6.45) is 16.5. The Kier molecular flexibility index (Phi) is 10.6. The second kappa shape index (κ2) is 12.5. The molecule has 0 aromatic rings. The first-order chi connectivity index (χ1) is 12.0. The Morgan fingerprint density at radius 1 is 1.36 bits per heavy atom. The Balaban J connectivity index is 2.85. The SMILES string of the molecule is C=C\C=C/C(=C/C(C=C)=C/C(Cl)=C/[C@@H]1CCCNC1)CCNC(C)=O. The van der Waals surface area contributed by atoms with Gasteiger partial charge in [-0.15, -0.1) is 0 Å². The second-order valence-corrected chi connectivity index (χ2v) is 6.49. The third-order valence-electron chi connectivity index (χ3n) is 3.86. The Hall–Kier alpha value is -1.84. The molecule has 136 valence electrons. The van der Waals surface area contributed by atoms with Crippen molar-refractivity contribution in [1.29, 1.82) is 0 Å². The lowest BCUT2D eigenvalue weighted by Gasteiger charge is -2.19. The molecule has 25 heavy (non-hydrogen) atoms. The molecule has 1 amide bonds. The first-order valence-corrected chi connectivity index (χ1v) is 9.09. The largest absolute Gasteiger partial charge is 0.356 e. The first kappa shape index (κ1) is 21.2. The molecular formula is C21H29ClN2O. The minimum Gasteiger partial charge on any atom is -0.356 e. The molecule has 0 saturated carbocycles. The summed E-state index contributed by atoms with van der Waals surface area (Å²) in [6.45, 7) is 11.7. The Morgan fingerprint density at radius 3 is 2.76 bits per heavy atom. The minimum absolute atomic E-state index is 0.0291. The number of rotatable bonds is 9. The van der Waals surface area contributed by atoms with Crippen molar-refractivity contribution in [3.8, 4) is 0 Å². The Labute approximate surface area is 156 Å². The third-order valence-corrected chi connectivity index (χ3v) is 4.09. The van der Waals surface area contributed by atoms with Crippen molar-refractivity contribution in [2.45, 2.75) is 26.2 Å². The number of piperidine rings is 1. The number of carbonyl (C=O) groups excluding carboxylic acids is 1. The van der Waals surface area contributed by atoms with E-state index < -0.39 is 0 Å². The number of halogens is 1. The molecule has 0 bridgehead atoms. The zero-order valence-electron chi connectivity index (χ0n) is 15.1. The Bertz CT molecular complexity index is 579. The highest BCUT2D eigenvalue weighted by molar-refractivity contribution is 6.31. The molecule has 1 heterocycles. The number of carbonyl (C=O) groups is 1. The van der Waals surface area contributed by atoms with E-state index in [1.165, 1.54) is 19.8 Å². The van der Waals surface area contributed by atoms with Crippen molar-refractivity contribution in [1.82, 2.24) is 10.6 Å². The van der Waals surface area contributed by atoms with Gasteiger partial charge in [0.25, 0.3) is 0 Å². The number of nitrogens with one attached hydrogen (secondary N) is 2. The molecule has 0 aliphatic carbocycles. The zero-order chi connectivity index (χ0) is 18.5. The number of allylic oxidation sites excluding steroid dienone is 8. The van der Waals surface area contributed by atoms with Crippen molar-refractivity contribution in [3.05, 3.63) is 71.9 Å². The van der Waals surface area contributed by atoms with E-state index in [1.54, 1.807) is 12.2 Å². The van der Waals surface area contributed by atoms with Gasteiger partial charge in [-0.2, -0.15) is 0 Å². The maximum Gasteiger partial charge on any atom is 0.216 e. The molecule has 1 rings (SSSR count). The monoisotopic (exact) mass is 360 g/mol. The smallest absolute Gasteiger partial charge is 0.216 e. The number of amides is 1. The van der Waals surface area contributed by atoms with Gasteiger partial charge in [-0.05, 0) is 48.9 Å². The van der Waals surface area contributed by atoms with E-state index in [1.807, 2.05) is 24.3 Å². The van der Waals surface area contributed by atoms with Crippen LogP contribution in [0.25, 0.3) is 0 Å². The van der Waals surface area contributed by atoms with E-state index in [2.05, 4.69) is 29.9 Å². The highest BCUT2D eigenvalue weighted by atomic mass is 35.5. The minimum atomic E-state index is -0.0291. The van der Waals surface area contributed by atoms with Crippen LogP contribution < -0.4 is 10.6 Å². The van der Waals surface area contributed by atoms with Crippen molar-refractivity contribution < 1.29 is 4.79 Å². The zero-order valence-corrected chi connectivity index (χ0v) is 15.8. The molecule has 0 aromatic carbocycles. The summed E-state index contributed by atoms with van der Waals surface area (Å²) in [7, 11) is 0. The van der Waals surface area contributed by atoms with Crippen molar-refractivity contribution in [2.75, 3.05) is 19.6 Å². The van der Waals surface area contributed by atoms with Gasteiger partial charge < -0.3 is 10.6 Å². The molecule has 0 radical (unpaired) electrons. The maximum atomic E-state index is 11.0. The lowest BCUT2D eigenvalue weighted by atomic mass is 9.99. The van der Waals surface area contributed by atoms with Crippen LogP contribution >= 0.6 is 11.6 Å². The van der Waals surface area contributed by atoms with Gasteiger partial charge in [0, 0.05) is 25.0 Å². The van der Waals surface area contributed by atoms with Crippen LogP contribution in [-0.2, 0) is 4.79 Å². The fraction of sp³-hybridized carbons (Fsp3) is 0.381. The first-order valence-electron chi connectivity index (χ1n) is 8.71. The van der Waals surface area contributed by atoms with Gasteiger partial charge in [-0.25, -0.2) is 0 Å². The summed E-state index contributed by atoms with van der Waals surface area (Å²) < 4.78 is 0. The van der Waals surface area contributed by atoms with E-state index in [4.69, 9.17) is 11.6 Å². The molecule has 1 fully saturated rings. The lowest BCUT2D eigenvalue weighted by molar-refractivity contribution is -0.118. The van der Waals surface area contributed by atoms with Crippen LogP contribution in [0.2, 0.25) is 0 Å². The molecule has 1 aliphatic rings. The molecular weight excluding hydrogens is 332 g/mol. The molecule has 4 heteroatoms. The number of hydrogen-bond donors (Lipinski definition) is 2. The van der Waals surface area contributed by atoms with E-state index in [9.17, 15) is 4.79 Å². The van der Waals surface area contributed by atoms with E-state index >= 15 is 0 Å². The van der Waals surface area contributed by atoms with Crippen LogP contribution in [0.5, 0.6) is 0 Å². The summed E-state index contributed by atoms with van der Waals surface area (Å²) >= 11 is 6.41. The van der Waals surface area contributed by atoms with Gasteiger partial charge >= 0.3 is 0 Å². The van der Waals surface area contributed by atoms with Crippen LogP contribution in [0.1, 0.15) is 26.2 Å². The highest BCUT2D eigenvalue weighted by Gasteiger charge is 2.10.